The lowest BCUT2D eigenvalue weighted by Gasteiger charge is -2.39. The second-order valence-electron chi connectivity index (χ2n) is 40.3. The van der Waals surface area contributed by atoms with E-state index >= 15 is 0 Å². The van der Waals surface area contributed by atoms with E-state index in [4.69, 9.17) is 61.4 Å². The van der Waals surface area contributed by atoms with E-state index in [0.29, 0.717) is 166 Å². The van der Waals surface area contributed by atoms with Gasteiger partial charge in [0.2, 0.25) is 21.8 Å². The number of likely N-dealkylation sites (tertiary alicyclic amines) is 6. The number of halogens is 1. The molecule has 0 saturated carbocycles. The van der Waals surface area contributed by atoms with Gasteiger partial charge in [-0.15, -0.1) is 0 Å². The summed E-state index contributed by atoms with van der Waals surface area (Å²) in [4.78, 5) is 116. The molecule has 12 aromatic rings. The SMILES string of the molecule is CC(=O)N(C)c1ccc(C(=O)N2CCC3(CC2)OCc2ccccc23)cc1.CC(=O)Nc1ccc(C(=O)N2CCC3(CC2)OCc2ccccc23)cc1.COc1cc(C(=O)N2CCC3(CC2)OCc2ccccc23)ccc1N.NS(=O)(=O)c1ccc(C(=O)N2CCC3(CC2)OCc2ccccc23)cc1.Nc1ccc(C(=O)N2CCC3(CC2)OCc2ccccc23)cc1.O=C(c1ccc(Cl)nc1)N1CCC2(CC1)OCc1ccccc12. The number of nitrogens with one attached hydrogen (secondary N) is 1. The number of hydrogen-bond donors (Lipinski definition) is 4. The van der Waals surface area contributed by atoms with Crippen molar-refractivity contribution in [1.82, 2.24) is 34.4 Å². The molecule has 6 spiro atoms. The molecule has 0 bridgehead atoms. The lowest BCUT2D eigenvalue weighted by atomic mass is 9.83. The quantitative estimate of drug-likeness (QED) is 0.0730. The van der Waals surface area contributed by atoms with Crippen molar-refractivity contribution in [2.45, 2.75) is 169 Å². The molecule has 12 aliphatic rings. The second-order valence-corrected chi connectivity index (χ2v) is 42.2. The number of rotatable bonds is 10. The molecule has 24 rings (SSSR count). The van der Waals surface area contributed by atoms with Crippen molar-refractivity contribution >= 4 is 91.6 Å². The Hall–Kier alpha value is -14.3. The highest BCUT2D eigenvalue weighted by molar-refractivity contribution is 7.89. The van der Waals surface area contributed by atoms with Gasteiger partial charge >= 0.3 is 0 Å². The van der Waals surface area contributed by atoms with Crippen molar-refractivity contribution in [3.05, 3.63) is 384 Å². The van der Waals surface area contributed by atoms with Gasteiger partial charge in [0, 0.05) is 151 Å². The van der Waals surface area contributed by atoms with Crippen LogP contribution in [0.2, 0.25) is 5.15 Å². The van der Waals surface area contributed by atoms with Crippen LogP contribution in [0.15, 0.2) is 284 Å². The number of amides is 8. The van der Waals surface area contributed by atoms with Crippen LogP contribution in [0.25, 0.3) is 0 Å². The van der Waals surface area contributed by atoms with Crippen LogP contribution in [-0.4, -0.2) is 183 Å². The predicted molar refractivity (Wildman–Crippen MR) is 570 cm³/mol. The van der Waals surface area contributed by atoms with Gasteiger partial charge in [-0.1, -0.05) is 157 Å². The van der Waals surface area contributed by atoms with E-state index in [2.05, 4.69) is 119 Å². The molecule has 31 heteroatoms. The molecule has 6 fully saturated rings. The highest BCUT2D eigenvalue weighted by Crippen LogP contribution is 2.51. The molecule has 0 unspecified atom stereocenters. The summed E-state index contributed by atoms with van der Waals surface area (Å²) in [6, 6.07) is 86.0. The molecule has 0 radical (unpaired) electrons. The van der Waals surface area contributed by atoms with Crippen molar-refractivity contribution in [3.63, 3.8) is 0 Å². The number of nitrogens with two attached hydrogens (primary N) is 3. The van der Waals surface area contributed by atoms with Crippen molar-refractivity contribution in [2.75, 3.05) is 114 Å². The Kier molecular flexibility index (Phi) is 30.9. The molecule has 8 amide bonds. The van der Waals surface area contributed by atoms with E-state index in [1.54, 1.807) is 115 Å². The number of anilines is 4. The number of aromatic nitrogens is 1. The Bertz CT molecular complexity index is 6980. The van der Waals surface area contributed by atoms with E-state index in [1.807, 2.05) is 73.0 Å². The second kappa shape index (κ2) is 44.5. The third kappa shape index (κ3) is 22.1. The molecule has 29 nitrogen and oxygen atoms in total. The van der Waals surface area contributed by atoms with Gasteiger partial charge in [0.15, 0.2) is 0 Å². The summed E-state index contributed by atoms with van der Waals surface area (Å²) in [5, 5.41) is 8.20. The van der Waals surface area contributed by atoms with Gasteiger partial charge in [-0.2, -0.15) is 0 Å². The zero-order valence-corrected chi connectivity index (χ0v) is 86.4. The number of hydrogen-bond acceptors (Lipinski definition) is 20. The largest absolute Gasteiger partial charge is 0.495 e. The van der Waals surface area contributed by atoms with E-state index in [-0.39, 0.29) is 85.8 Å². The highest BCUT2D eigenvalue weighted by atomic mass is 35.5. The third-order valence-corrected chi connectivity index (χ3v) is 32.8. The average molecular weight is 2060 g/mol. The number of ether oxygens (including phenoxy) is 7. The summed E-state index contributed by atoms with van der Waals surface area (Å²) < 4.78 is 64.8. The number of nitrogens with zero attached hydrogens (tertiary/aromatic N) is 8. The minimum Gasteiger partial charge on any atom is -0.495 e. The highest BCUT2D eigenvalue weighted by Gasteiger charge is 2.50. The first-order valence-electron chi connectivity index (χ1n) is 51.3. The van der Waals surface area contributed by atoms with Crippen LogP contribution < -0.4 is 31.6 Å². The molecule has 776 valence electrons. The van der Waals surface area contributed by atoms with Crippen LogP contribution in [0.5, 0.6) is 5.75 Å². The lowest BCUT2D eigenvalue weighted by molar-refractivity contribution is -0.116. The number of benzene rings is 11. The van der Waals surface area contributed by atoms with Crippen LogP contribution in [0.4, 0.5) is 22.7 Å². The standard InChI is InChI=1S/C22H24N2O3.C21H22N2O3.C20H22N2O3.C19H20N2O4S.C19H20N2O2.C18H17ClN2O2/c1-16(25)23(2)19-9-7-17(8-10-19)21(26)24-13-11-22(12-14-24)20-6-4-3-5-18(20)15-27-22;1-15(24)22-18-8-6-16(7-9-18)20(25)23-12-10-21(11-13-23)19-5-3-2-4-17(19)14-26-21;1-24-18-12-14(6-7-17(18)21)19(23)22-10-8-20(9-11-22)16-5-3-2-4-15(16)13-25-20;20-26(23,24)16-7-5-14(6-8-16)18(22)21-11-9-19(10-12-21)17-4-2-1-3-15(17)13-25-19;20-16-7-5-14(6-8-16)18(22)21-11-9-19(10-12-21)17-4-2-1-3-15(17)13-23-19;19-16-6-5-13(11-20-16)17(22)21-9-7-18(8-10-21)15-4-2-1-3-14(15)12-23-18/h3-10H,11-15H2,1-2H3;2-9H,10-14H2,1H3,(H,22,24);2-7,12H,8-11,13,21H2,1H3;1-8H,9-13H2,(H2,20,23,24);1-8H,9-13,20H2;1-6,11H,7-10,12H2. The number of pyridine rings is 1. The van der Waals surface area contributed by atoms with Gasteiger partial charge in [0.1, 0.15) is 10.9 Å². The fraction of sp³-hybridized carbons (Fsp3) is 0.336. The summed E-state index contributed by atoms with van der Waals surface area (Å²) in [7, 11) is -0.475. The Balaban J connectivity index is 0.000000113. The van der Waals surface area contributed by atoms with Crippen molar-refractivity contribution < 1.29 is 79.9 Å². The smallest absolute Gasteiger partial charge is 0.255 e. The van der Waals surface area contributed by atoms with Gasteiger partial charge in [-0.25, -0.2) is 18.5 Å². The summed E-state index contributed by atoms with van der Waals surface area (Å²) in [6.07, 6.45) is 11.3. The summed E-state index contributed by atoms with van der Waals surface area (Å²) in [6.45, 7) is 15.1. The maximum absolute atomic E-state index is 12.9. The van der Waals surface area contributed by atoms with E-state index in [1.165, 1.54) is 111 Å². The van der Waals surface area contributed by atoms with Gasteiger partial charge in [0.05, 0.1) is 96.5 Å². The lowest BCUT2D eigenvalue weighted by Crippen LogP contribution is -2.45. The van der Waals surface area contributed by atoms with Crippen LogP contribution in [-0.2, 0) is 121 Å². The number of primary sulfonamides is 1. The maximum atomic E-state index is 12.9. The fourth-order valence-electron chi connectivity index (χ4n) is 23.0. The van der Waals surface area contributed by atoms with Gasteiger partial charge in [-0.05, 0) is 271 Å². The molecule has 0 aliphatic carbocycles. The van der Waals surface area contributed by atoms with Gasteiger partial charge in [-0.3, -0.25) is 38.4 Å². The summed E-state index contributed by atoms with van der Waals surface area (Å²) in [5.74, 6) is 0.434. The molecule has 11 aromatic carbocycles. The van der Waals surface area contributed by atoms with Crippen LogP contribution in [0.3, 0.4) is 0 Å². The molecule has 12 aliphatic heterocycles. The Labute approximate surface area is 879 Å². The number of methoxy groups -OCH3 is 1. The number of piperidine rings is 6. The topological polar surface area (TPSA) is 361 Å². The third-order valence-electron chi connectivity index (χ3n) is 31.7. The Morgan fingerprint density at radius 3 is 0.867 bits per heavy atom. The molecule has 7 N–H and O–H groups in total. The summed E-state index contributed by atoms with van der Waals surface area (Å²) >= 11 is 5.78. The van der Waals surface area contributed by atoms with Crippen LogP contribution in [0.1, 0.15) is 220 Å². The van der Waals surface area contributed by atoms with Crippen molar-refractivity contribution in [2.24, 2.45) is 5.14 Å². The zero-order chi connectivity index (χ0) is 105. The van der Waals surface area contributed by atoms with Gasteiger partial charge < -0.3 is 84.2 Å². The Morgan fingerprint density at radius 1 is 0.347 bits per heavy atom. The molecule has 13 heterocycles. The molecular weight excluding hydrogens is 1940 g/mol. The average Bonchev–Trinajstić information content (AvgIpc) is 1.63. The number of fused-ring (bicyclic) bond motifs is 12. The molecule has 6 saturated heterocycles. The molecule has 0 atom stereocenters. The predicted octanol–water partition coefficient (Wildman–Crippen LogP) is 17.9. The minimum absolute atomic E-state index is 0.00242. The van der Waals surface area contributed by atoms with Crippen LogP contribution in [0, 0.1) is 0 Å². The normalized spacial score (nSPS) is 18.3. The first-order valence-corrected chi connectivity index (χ1v) is 53.2. The van der Waals surface area contributed by atoms with Crippen LogP contribution >= 0.6 is 11.6 Å². The maximum Gasteiger partial charge on any atom is 0.255 e. The first kappa shape index (κ1) is 104. The molecule has 1 aromatic heterocycles. The van der Waals surface area contributed by atoms with E-state index in [9.17, 15) is 46.8 Å². The number of carbonyl (C=O) groups is 8. The molecule has 150 heavy (non-hydrogen) atoms. The number of carbonyl (C=O) groups excluding carboxylic acids is 8. The van der Waals surface area contributed by atoms with Crippen molar-refractivity contribution in [3.8, 4) is 5.75 Å². The van der Waals surface area contributed by atoms with Crippen molar-refractivity contribution in [1.29, 1.82) is 0 Å². The number of sulfonamides is 1. The minimum atomic E-state index is -3.76. The van der Waals surface area contributed by atoms with E-state index < -0.39 is 10.0 Å². The fourth-order valence-corrected chi connectivity index (χ4v) is 23.6. The number of nitrogen functional groups attached to an aromatic ring is 2. The zero-order valence-electron chi connectivity index (χ0n) is 84.8. The van der Waals surface area contributed by atoms with E-state index in [0.717, 1.165) is 95.8 Å². The molecular formula is C119H125ClN12O17S. The first-order chi connectivity index (χ1) is 72.4. The Morgan fingerprint density at radius 2 is 0.600 bits per heavy atom. The summed E-state index contributed by atoms with van der Waals surface area (Å²) in [5.41, 5.74) is 31.7. The monoisotopic (exact) mass is 2060 g/mol. The van der Waals surface area contributed by atoms with Gasteiger partial charge in [0.25, 0.3) is 35.4 Å².